The topological polar surface area (TPSA) is 117 Å². The molecule has 0 aliphatic rings. The summed E-state index contributed by atoms with van der Waals surface area (Å²) in [6, 6.07) is 3.15. The Morgan fingerprint density at radius 2 is 2.37 bits per heavy atom. The summed E-state index contributed by atoms with van der Waals surface area (Å²) in [6.07, 6.45) is 1.40. The number of furan rings is 1. The number of hydrogen-bond acceptors (Lipinski definition) is 6. The molecule has 0 radical (unpaired) electrons. The van der Waals surface area contributed by atoms with Crippen LogP contribution in [-0.4, -0.2) is 50.9 Å². The molecule has 0 spiro atoms. The van der Waals surface area contributed by atoms with Gasteiger partial charge in [0.2, 0.25) is 5.91 Å². The van der Waals surface area contributed by atoms with Crippen molar-refractivity contribution in [2.24, 2.45) is 0 Å². The second-order valence-corrected chi connectivity index (χ2v) is 3.74. The smallest absolute Gasteiger partial charge is 0.289 e. The van der Waals surface area contributed by atoms with Gasteiger partial charge in [0.25, 0.3) is 5.91 Å². The zero-order chi connectivity index (χ0) is 13.7. The van der Waals surface area contributed by atoms with Gasteiger partial charge in [-0.15, -0.1) is 10.2 Å². The molecule has 0 aromatic carbocycles. The molecule has 2 aromatic heterocycles. The number of aromatic amines is 1. The molecule has 0 aliphatic carbocycles. The second-order valence-electron chi connectivity index (χ2n) is 3.74. The molecule has 100 valence electrons. The molecule has 0 unspecified atom stereocenters. The summed E-state index contributed by atoms with van der Waals surface area (Å²) >= 11 is 0. The fourth-order valence-electron chi connectivity index (χ4n) is 1.37. The van der Waals surface area contributed by atoms with Gasteiger partial charge in [0.15, 0.2) is 11.6 Å². The van der Waals surface area contributed by atoms with E-state index in [1.807, 2.05) is 0 Å². The molecule has 2 rings (SSSR count). The second kappa shape index (κ2) is 5.76. The summed E-state index contributed by atoms with van der Waals surface area (Å²) in [6.45, 7) is 0.0650. The molecule has 9 heteroatoms. The minimum absolute atomic E-state index is 0.0859. The molecule has 2 amide bonds. The van der Waals surface area contributed by atoms with Gasteiger partial charge in [0.05, 0.1) is 19.4 Å². The standard InChI is InChI=1S/C10H12N6O3/c1-16(10(18)7-3-2-4-19-7)6-9(17)11-5-8-12-14-15-13-8/h2-4H,5-6H2,1H3,(H,11,17)(H,12,13,14,15). The molecule has 9 nitrogen and oxygen atoms in total. The third-order valence-electron chi connectivity index (χ3n) is 2.29. The average molecular weight is 264 g/mol. The van der Waals surface area contributed by atoms with E-state index in [0.717, 1.165) is 0 Å². The van der Waals surface area contributed by atoms with Gasteiger partial charge in [-0.2, -0.15) is 5.21 Å². The van der Waals surface area contributed by atoms with Crippen LogP contribution in [-0.2, 0) is 11.3 Å². The van der Waals surface area contributed by atoms with E-state index in [4.69, 9.17) is 4.42 Å². The normalized spacial score (nSPS) is 10.2. The highest BCUT2D eigenvalue weighted by atomic mass is 16.3. The quantitative estimate of drug-likeness (QED) is 0.728. The zero-order valence-electron chi connectivity index (χ0n) is 10.2. The number of hydrogen-bond donors (Lipinski definition) is 2. The molecule has 0 aliphatic heterocycles. The van der Waals surface area contributed by atoms with Crippen molar-refractivity contribution in [3.05, 3.63) is 30.0 Å². The Hall–Kier alpha value is -2.71. The molecule has 0 bridgehead atoms. The van der Waals surface area contributed by atoms with Gasteiger partial charge in [-0.1, -0.05) is 5.21 Å². The van der Waals surface area contributed by atoms with Crippen LogP contribution in [0, 0.1) is 0 Å². The lowest BCUT2D eigenvalue weighted by Gasteiger charge is -2.14. The first kappa shape index (κ1) is 12.7. The number of rotatable bonds is 5. The van der Waals surface area contributed by atoms with E-state index >= 15 is 0 Å². The maximum Gasteiger partial charge on any atom is 0.289 e. The van der Waals surface area contributed by atoms with Gasteiger partial charge in [0.1, 0.15) is 0 Å². The van der Waals surface area contributed by atoms with Crippen molar-refractivity contribution < 1.29 is 14.0 Å². The minimum atomic E-state index is -0.361. The maximum atomic E-state index is 11.8. The van der Waals surface area contributed by atoms with Crippen LogP contribution in [0.4, 0.5) is 0 Å². The van der Waals surface area contributed by atoms with Crippen molar-refractivity contribution in [2.75, 3.05) is 13.6 Å². The van der Waals surface area contributed by atoms with Crippen molar-refractivity contribution in [1.29, 1.82) is 0 Å². The highest BCUT2D eigenvalue weighted by molar-refractivity contribution is 5.93. The Morgan fingerprint density at radius 3 is 3.00 bits per heavy atom. The van der Waals surface area contributed by atoms with Gasteiger partial charge < -0.3 is 14.6 Å². The van der Waals surface area contributed by atoms with Crippen LogP contribution < -0.4 is 5.32 Å². The summed E-state index contributed by atoms with van der Waals surface area (Å²) in [5.41, 5.74) is 0. The van der Waals surface area contributed by atoms with Crippen molar-refractivity contribution in [1.82, 2.24) is 30.8 Å². The van der Waals surface area contributed by atoms with E-state index in [0.29, 0.717) is 5.82 Å². The molecule has 0 saturated heterocycles. The Labute approximate surface area is 108 Å². The van der Waals surface area contributed by atoms with Gasteiger partial charge in [-0.05, 0) is 12.1 Å². The van der Waals surface area contributed by atoms with Crippen LogP contribution in [0.1, 0.15) is 16.4 Å². The van der Waals surface area contributed by atoms with Crippen LogP contribution in [0.25, 0.3) is 0 Å². The van der Waals surface area contributed by atoms with Crippen molar-refractivity contribution in [2.45, 2.75) is 6.54 Å². The monoisotopic (exact) mass is 264 g/mol. The largest absolute Gasteiger partial charge is 0.459 e. The zero-order valence-corrected chi connectivity index (χ0v) is 10.2. The number of nitrogens with zero attached hydrogens (tertiary/aromatic N) is 4. The van der Waals surface area contributed by atoms with Crippen molar-refractivity contribution >= 4 is 11.8 Å². The van der Waals surface area contributed by atoms with Gasteiger partial charge in [-0.3, -0.25) is 9.59 Å². The van der Waals surface area contributed by atoms with Crippen LogP contribution >= 0.6 is 0 Å². The molecular weight excluding hydrogens is 252 g/mol. The predicted octanol–water partition coefficient (Wildman–Crippen LogP) is -0.819. The van der Waals surface area contributed by atoms with E-state index in [-0.39, 0.29) is 30.7 Å². The molecule has 2 aromatic rings. The Bertz CT molecular complexity index is 536. The van der Waals surface area contributed by atoms with E-state index in [9.17, 15) is 9.59 Å². The highest BCUT2D eigenvalue weighted by Crippen LogP contribution is 2.03. The van der Waals surface area contributed by atoms with Crippen LogP contribution in [0.2, 0.25) is 0 Å². The van der Waals surface area contributed by atoms with Gasteiger partial charge in [-0.25, -0.2) is 0 Å². The molecule has 19 heavy (non-hydrogen) atoms. The molecule has 2 heterocycles. The lowest BCUT2D eigenvalue weighted by atomic mass is 10.4. The number of carbonyl (C=O) groups is 2. The Kier molecular flexibility index (Phi) is 3.86. The minimum Gasteiger partial charge on any atom is -0.459 e. The predicted molar refractivity (Wildman–Crippen MR) is 61.7 cm³/mol. The Morgan fingerprint density at radius 1 is 1.53 bits per heavy atom. The van der Waals surface area contributed by atoms with Crippen LogP contribution in [0.15, 0.2) is 22.8 Å². The highest BCUT2D eigenvalue weighted by Gasteiger charge is 2.17. The number of amides is 2. The van der Waals surface area contributed by atoms with Crippen molar-refractivity contribution in [3.63, 3.8) is 0 Å². The van der Waals surface area contributed by atoms with Crippen LogP contribution in [0.5, 0.6) is 0 Å². The number of aromatic nitrogens is 4. The van der Waals surface area contributed by atoms with E-state index in [2.05, 4.69) is 25.9 Å². The lowest BCUT2D eigenvalue weighted by Crippen LogP contribution is -2.38. The summed E-state index contributed by atoms with van der Waals surface area (Å²) in [5.74, 6) is -0.131. The first-order valence-electron chi connectivity index (χ1n) is 5.45. The number of H-pyrrole nitrogens is 1. The van der Waals surface area contributed by atoms with E-state index < -0.39 is 0 Å². The van der Waals surface area contributed by atoms with Crippen LogP contribution in [0.3, 0.4) is 0 Å². The van der Waals surface area contributed by atoms with E-state index in [1.165, 1.54) is 24.3 Å². The molecule has 0 atom stereocenters. The SMILES string of the molecule is CN(CC(=O)NCc1nn[nH]n1)C(=O)c1ccco1. The molecule has 0 saturated carbocycles. The third-order valence-corrected chi connectivity index (χ3v) is 2.29. The fraction of sp³-hybridized carbons (Fsp3) is 0.300. The summed E-state index contributed by atoms with van der Waals surface area (Å²) in [4.78, 5) is 24.6. The van der Waals surface area contributed by atoms with E-state index in [1.54, 1.807) is 6.07 Å². The lowest BCUT2D eigenvalue weighted by molar-refractivity contribution is -0.121. The average Bonchev–Trinajstić information content (AvgIpc) is 3.08. The molecule has 2 N–H and O–H groups in total. The molecular formula is C10H12N6O3. The number of likely N-dealkylation sites (N-methyl/N-ethyl adjacent to an activating group) is 1. The van der Waals surface area contributed by atoms with Gasteiger partial charge >= 0.3 is 0 Å². The van der Waals surface area contributed by atoms with Crippen molar-refractivity contribution in [3.8, 4) is 0 Å². The third kappa shape index (κ3) is 3.37. The fourth-order valence-corrected chi connectivity index (χ4v) is 1.37. The number of nitrogens with one attached hydrogen (secondary N) is 2. The summed E-state index contributed by atoms with van der Waals surface area (Å²) in [7, 11) is 1.51. The summed E-state index contributed by atoms with van der Waals surface area (Å²) < 4.78 is 4.96. The first-order chi connectivity index (χ1) is 9.16. The maximum absolute atomic E-state index is 11.8. The summed E-state index contributed by atoms with van der Waals surface area (Å²) in [5, 5.41) is 15.6. The first-order valence-corrected chi connectivity index (χ1v) is 5.45. The molecule has 0 fully saturated rings. The number of tetrazole rings is 1. The van der Waals surface area contributed by atoms with Gasteiger partial charge in [0, 0.05) is 7.05 Å². The number of carbonyl (C=O) groups excluding carboxylic acids is 2. The Balaban J connectivity index is 1.80.